The molecule has 0 spiro atoms. The molecule has 3 heterocycles. The van der Waals surface area contributed by atoms with Crippen LogP contribution < -0.4 is 5.32 Å². The summed E-state index contributed by atoms with van der Waals surface area (Å²) in [6.07, 6.45) is 8.33. The maximum absolute atomic E-state index is 13.0. The van der Waals surface area contributed by atoms with E-state index < -0.39 is 0 Å². The molecule has 4 rings (SSSR count). The quantitative estimate of drug-likeness (QED) is 0.493. The molecule has 0 bridgehead atoms. The molecule has 0 atom stereocenters. The minimum absolute atomic E-state index is 0.297. The third-order valence-electron chi connectivity index (χ3n) is 4.14. The van der Waals surface area contributed by atoms with E-state index in [-0.39, 0.29) is 5.82 Å². The number of nitrogens with one attached hydrogen (secondary N) is 1. The minimum Gasteiger partial charge on any atom is -0.369 e. The molecule has 28 heavy (non-hydrogen) atoms. The van der Waals surface area contributed by atoms with Gasteiger partial charge < -0.3 is 9.84 Å². The zero-order valence-electron chi connectivity index (χ0n) is 15.2. The first kappa shape index (κ1) is 17.8. The van der Waals surface area contributed by atoms with Crippen LogP contribution in [-0.4, -0.2) is 36.2 Å². The highest BCUT2D eigenvalue weighted by molar-refractivity contribution is 5.53. The van der Waals surface area contributed by atoms with Crippen molar-refractivity contribution in [1.82, 2.24) is 29.7 Å². The summed E-state index contributed by atoms with van der Waals surface area (Å²) in [6, 6.07) is 5.99. The monoisotopic (exact) mass is 379 g/mol. The molecule has 0 aliphatic heterocycles. The van der Waals surface area contributed by atoms with E-state index in [9.17, 15) is 4.39 Å². The molecular weight excluding hydrogens is 361 g/mol. The number of rotatable bonds is 7. The van der Waals surface area contributed by atoms with Crippen molar-refractivity contribution in [2.75, 3.05) is 11.9 Å². The van der Waals surface area contributed by atoms with Gasteiger partial charge in [0.05, 0.1) is 12.4 Å². The Morgan fingerprint density at radius 1 is 1.14 bits per heavy atom. The second-order valence-corrected chi connectivity index (χ2v) is 6.16. The summed E-state index contributed by atoms with van der Waals surface area (Å²) in [4.78, 5) is 17.3. The Balaban J connectivity index is 1.31. The normalized spacial score (nSPS) is 10.9. The Hall–Kier alpha value is -3.62. The number of benzene rings is 1. The van der Waals surface area contributed by atoms with Gasteiger partial charge in [-0.2, -0.15) is 4.98 Å². The maximum atomic E-state index is 13.0. The van der Waals surface area contributed by atoms with Crippen LogP contribution >= 0.6 is 0 Å². The lowest BCUT2D eigenvalue weighted by Crippen LogP contribution is -2.07. The first-order chi connectivity index (χ1) is 13.7. The smallest absolute Gasteiger partial charge is 0.227 e. The van der Waals surface area contributed by atoms with Gasteiger partial charge in [-0.25, -0.2) is 14.4 Å². The van der Waals surface area contributed by atoms with Gasteiger partial charge in [-0.3, -0.25) is 9.55 Å². The first-order valence-corrected chi connectivity index (χ1v) is 8.84. The predicted molar refractivity (Wildman–Crippen MR) is 100 cm³/mol. The largest absolute Gasteiger partial charge is 0.369 e. The zero-order chi connectivity index (χ0) is 19.3. The second-order valence-electron chi connectivity index (χ2n) is 6.16. The van der Waals surface area contributed by atoms with Crippen LogP contribution in [0.25, 0.3) is 17.2 Å². The van der Waals surface area contributed by atoms with Gasteiger partial charge >= 0.3 is 0 Å². The molecule has 0 fully saturated rings. The standard InChI is InChI=1S/C19H18FN7O/c1-13-22-9-10-27(13)17-12-21-11-16(24-17)23-8-2-3-18-25-19(26-28-18)14-4-6-15(20)7-5-14/h4-7,9-12H,2-3,8H2,1H3,(H,23,24). The van der Waals surface area contributed by atoms with Crippen molar-refractivity contribution >= 4 is 5.82 Å². The Kier molecular flexibility index (Phi) is 5.05. The number of aromatic nitrogens is 6. The van der Waals surface area contributed by atoms with Gasteiger partial charge in [-0.15, -0.1) is 0 Å². The summed E-state index contributed by atoms with van der Waals surface area (Å²) in [5.74, 6) is 2.94. The van der Waals surface area contributed by atoms with Crippen molar-refractivity contribution in [3.8, 4) is 17.2 Å². The molecule has 0 saturated heterocycles. The third-order valence-corrected chi connectivity index (χ3v) is 4.14. The van der Waals surface area contributed by atoms with E-state index in [0.717, 1.165) is 17.8 Å². The molecule has 1 N–H and O–H groups in total. The highest BCUT2D eigenvalue weighted by Crippen LogP contribution is 2.16. The molecule has 0 unspecified atom stereocenters. The van der Waals surface area contributed by atoms with Crippen molar-refractivity contribution in [3.05, 3.63) is 66.6 Å². The van der Waals surface area contributed by atoms with Crippen LogP contribution in [-0.2, 0) is 6.42 Å². The van der Waals surface area contributed by atoms with Crippen LogP contribution in [0.5, 0.6) is 0 Å². The predicted octanol–water partition coefficient (Wildman–Crippen LogP) is 3.20. The highest BCUT2D eigenvalue weighted by Gasteiger charge is 2.09. The Bertz CT molecular complexity index is 1060. The molecular formula is C19H18FN7O. The summed E-state index contributed by atoms with van der Waals surface area (Å²) in [5.41, 5.74) is 0.719. The van der Waals surface area contributed by atoms with Gasteiger partial charge in [0.1, 0.15) is 17.5 Å². The van der Waals surface area contributed by atoms with Crippen LogP contribution in [0.4, 0.5) is 10.2 Å². The van der Waals surface area contributed by atoms with Crippen LogP contribution in [0.1, 0.15) is 18.1 Å². The Morgan fingerprint density at radius 2 is 2.00 bits per heavy atom. The van der Waals surface area contributed by atoms with Crippen molar-refractivity contribution < 1.29 is 8.91 Å². The van der Waals surface area contributed by atoms with E-state index in [1.807, 2.05) is 17.7 Å². The van der Waals surface area contributed by atoms with Crippen LogP contribution in [0.15, 0.2) is 53.6 Å². The van der Waals surface area contributed by atoms with E-state index >= 15 is 0 Å². The molecule has 4 aromatic rings. The minimum atomic E-state index is -0.297. The van der Waals surface area contributed by atoms with E-state index in [4.69, 9.17) is 4.52 Å². The SMILES string of the molecule is Cc1nccn1-c1cncc(NCCCc2nc(-c3ccc(F)cc3)no2)n1. The van der Waals surface area contributed by atoms with Crippen LogP contribution in [0.2, 0.25) is 0 Å². The molecule has 0 radical (unpaired) electrons. The molecule has 0 aliphatic carbocycles. The van der Waals surface area contributed by atoms with Crippen molar-refractivity contribution in [3.63, 3.8) is 0 Å². The number of halogens is 1. The summed E-state index contributed by atoms with van der Waals surface area (Å²) in [7, 11) is 0. The number of anilines is 1. The van der Waals surface area contributed by atoms with Crippen molar-refractivity contribution in [2.24, 2.45) is 0 Å². The van der Waals surface area contributed by atoms with Crippen LogP contribution in [0.3, 0.4) is 0 Å². The number of nitrogens with zero attached hydrogens (tertiary/aromatic N) is 6. The fourth-order valence-corrected chi connectivity index (χ4v) is 2.71. The van der Waals surface area contributed by atoms with Crippen molar-refractivity contribution in [2.45, 2.75) is 19.8 Å². The number of aryl methyl sites for hydroxylation is 2. The number of hydrogen-bond donors (Lipinski definition) is 1. The molecule has 1 aromatic carbocycles. The second kappa shape index (κ2) is 7.95. The molecule has 0 saturated carbocycles. The molecule has 3 aromatic heterocycles. The molecule has 0 aliphatic rings. The van der Waals surface area contributed by atoms with Gasteiger partial charge in [-0.05, 0) is 37.6 Å². The van der Waals surface area contributed by atoms with Gasteiger partial charge in [-0.1, -0.05) is 5.16 Å². The lowest BCUT2D eigenvalue weighted by molar-refractivity contribution is 0.377. The average Bonchev–Trinajstić information content (AvgIpc) is 3.35. The summed E-state index contributed by atoms with van der Waals surface area (Å²) < 4.78 is 20.1. The first-order valence-electron chi connectivity index (χ1n) is 8.84. The van der Waals surface area contributed by atoms with Gasteiger partial charge in [0.15, 0.2) is 5.82 Å². The van der Waals surface area contributed by atoms with Crippen molar-refractivity contribution in [1.29, 1.82) is 0 Å². The Labute approximate surface area is 160 Å². The fourth-order valence-electron chi connectivity index (χ4n) is 2.71. The molecule has 8 nitrogen and oxygen atoms in total. The van der Waals surface area contributed by atoms with Gasteiger partial charge in [0.2, 0.25) is 11.7 Å². The number of hydrogen-bond acceptors (Lipinski definition) is 7. The average molecular weight is 379 g/mol. The Morgan fingerprint density at radius 3 is 2.79 bits per heavy atom. The molecule has 9 heteroatoms. The summed E-state index contributed by atoms with van der Waals surface area (Å²) in [5, 5.41) is 7.18. The van der Waals surface area contributed by atoms with Gasteiger partial charge in [0, 0.05) is 30.9 Å². The van der Waals surface area contributed by atoms with E-state index in [1.54, 1.807) is 30.7 Å². The molecule has 142 valence electrons. The lowest BCUT2D eigenvalue weighted by atomic mass is 10.2. The van der Waals surface area contributed by atoms with E-state index in [2.05, 4.69) is 30.4 Å². The maximum Gasteiger partial charge on any atom is 0.227 e. The van der Waals surface area contributed by atoms with E-state index in [1.165, 1.54) is 12.1 Å². The topological polar surface area (TPSA) is 94.6 Å². The van der Waals surface area contributed by atoms with E-state index in [0.29, 0.717) is 36.3 Å². The molecule has 0 amide bonds. The third kappa shape index (κ3) is 4.03. The van der Waals surface area contributed by atoms with Gasteiger partial charge in [0.25, 0.3) is 0 Å². The number of imidazole rings is 1. The fraction of sp³-hybridized carbons (Fsp3) is 0.211. The highest BCUT2D eigenvalue weighted by atomic mass is 19.1. The summed E-state index contributed by atoms with van der Waals surface area (Å²) >= 11 is 0. The lowest BCUT2D eigenvalue weighted by Gasteiger charge is -2.07. The van der Waals surface area contributed by atoms with Crippen LogP contribution in [0, 0.1) is 12.7 Å². The zero-order valence-corrected chi connectivity index (χ0v) is 15.2. The summed E-state index contributed by atoms with van der Waals surface area (Å²) in [6.45, 7) is 2.59.